The number of nitrogens with zero attached hydrogens (tertiary/aromatic N) is 5. The number of aromatic nitrogens is 2. The van der Waals surface area contributed by atoms with Crippen LogP contribution in [0.5, 0.6) is 0 Å². The summed E-state index contributed by atoms with van der Waals surface area (Å²) >= 11 is 0. The summed E-state index contributed by atoms with van der Waals surface area (Å²) < 4.78 is 5.25. The number of carbonyl (C=O) groups is 2. The van der Waals surface area contributed by atoms with Crippen molar-refractivity contribution in [2.45, 2.75) is 46.0 Å². The SMILES string of the molecule is CCc1noc(C)c1C(=O)N1CCC[C@H](CCC(=O)N2CCN(c3ccccn3)CC2)C1. The van der Waals surface area contributed by atoms with Gasteiger partial charge in [0.1, 0.15) is 17.1 Å². The van der Waals surface area contributed by atoms with E-state index < -0.39 is 0 Å². The van der Waals surface area contributed by atoms with Crippen molar-refractivity contribution in [2.24, 2.45) is 5.92 Å². The number of anilines is 1. The largest absolute Gasteiger partial charge is 0.361 e. The highest BCUT2D eigenvalue weighted by atomic mass is 16.5. The van der Waals surface area contributed by atoms with Crippen molar-refractivity contribution in [3.05, 3.63) is 41.4 Å². The molecule has 1 atom stereocenters. The van der Waals surface area contributed by atoms with Crippen molar-refractivity contribution in [3.63, 3.8) is 0 Å². The van der Waals surface area contributed by atoms with E-state index in [1.807, 2.05) is 34.9 Å². The van der Waals surface area contributed by atoms with Crippen LogP contribution in [0, 0.1) is 12.8 Å². The number of carbonyl (C=O) groups excluding carboxylic acids is 2. The second kappa shape index (κ2) is 10.1. The molecule has 2 aromatic rings. The van der Waals surface area contributed by atoms with Crippen LogP contribution in [0.25, 0.3) is 0 Å². The van der Waals surface area contributed by atoms with Crippen molar-refractivity contribution in [1.29, 1.82) is 0 Å². The van der Waals surface area contributed by atoms with E-state index in [9.17, 15) is 9.59 Å². The molecule has 8 heteroatoms. The van der Waals surface area contributed by atoms with Gasteiger partial charge >= 0.3 is 0 Å². The zero-order valence-corrected chi connectivity index (χ0v) is 19.1. The predicted octanol–water partition coefficient (Wildman–Crippen LogP) is 2.92. The van der Waals surface area contributed by atoms with Gasteiger partial charge in [-0.1, -0.05) is 18.1 Å². The van der Waals surface area contributed by atoms with Crippen LogP contribution in [0.15, 0.2) is 28.9 Å². The van der Waals surface area contributed by atoms with Crippen LogP contribution >= 0.6 is 0 Å². The smallest absolute Gasteiger partial charge is 0.259 e. The predicted molar refractivity (Wildman–Crippen MR) is 122 cm³/mol. The van der Waals surface area contributed by atoms with Gasteiger partial charge in [-0.25, -0.2) is 4.98 Å². The maximum atomic E-state index is 13.1. The summed E-state index contributed by atoms with van der Waals surface area (Å²) in [4.78, 5) is 36.4. The van der Waals surface area contributed by atoms with E-state index in [0.29, 0.717) is 36.6 Å². The van der Waals surface area contributed by atoms with E-state index in [1.165, 1.54) is 0 Å². The zero-order chi connectivity index (χ0) is 22.5. The molecule has 8 nitrogen and oxygen atoms in total. The molecular formula is C24H33N5O3. The quantitative estimate of drug-likeness (QED) is 0.688. The van der Waals surface area contributed by atoms with Crippen LogP contribution in [0.2, 0.25) is 0 Å². The molecule has 32 heavy (non-hydrogen) atoms. The number of aryl methyl sites for hydroxylation is 2. The van der Waals surface area contributed by atoms with E-state index >= 15 is 0 Å². The molecule has 4 rings (SSSR count). The summed E-state index contributed by atoms with van der Waals surface area (Å²) in [6.07, 6.45) is 5.89. The molecule has 2 amide bonds. The molecule has 0 aliphatic carbocycles. The van der Waals surface area contributed by atoms with E-state index in [-0.39, 0.29) is 11.8 Å². The Morgan fingerprint density at radius 2 is 1.94 bits per heavy atom. The summed E-state index contributed by atoms with van der Waals surface area (Å²) in [5.41, 5.74) is 1.35. The minimum Gasteiger partial charge on any atom is -0.361 e. The van der Waals surface area contributed by atoms with E-state index in [2.05, 4.69) is 15.0 Å². The highest BCUT2D eigenvalue weighted by molar-refractivity contribution is 5.96. The Balaban J connectivity index is 1.25. The number of piperazine rings is 1. The first-order chi connectivity index (χ1) is 15.6. The Bertz CT molecular complexity index is 921. The fraction of sp³-hybridized carbons (Fsp3) is 0.583. The summed E-state index contributed by atoms with van der Waals surface area (Å²) in [7, 11) is 0. The molecule has 2 aliphatic rings. The number of amides is 2. The Hall–Kier alpha value is -2.90. The van der Waals surface area contributed by atoms with Gasteiger partial charge in [-0.2, -0.15) is 0 Å². The van der Waals surface area contributed by atoms with E-state index in [0.717, 1.165) is 63.5 Å². The van der Waals surface area contributed by atoms with Gasteiger partial charge in [-0.05, 0) is 50.7 Å². The lowest BCUT2D eigenvalue weighted by atomic mass is 9.92. The molecule has 0 N–H and O–H groups in total. The van der Waals surface area contributed by atoms with Crippen molar-refractivity contribution in [3.8, 4) is 0 Å². The van der Waals surface area contributed by atoms with Crippen molar-refractivity contribution >= 4 is 17.6 Å². The molecule has 172 valence electrons. The lowest BCUT2D eigenvalue weighted by Gasteiger charge is -2.36. The van der Waals surface area contributed by atoms with Crippen LogP contribution in [0.1, 0.15) is 54.4 Å². The molecule has 2 aromatic heterocycles. The Kier molecular flexibility index (Phi) is 7.07. The van der Waals surface area contributed by atoms with Crippen LogP contribution in [-0.2, 0) is 11.2 Å². The second-order valence-corrected chi connectivity index (χ2v) is 8.77. The Morgan fingerprint density at radius 3 is 2.66 bits per heavy atom. The number of piperidine rings is 1. The standard InChI is InChI=1S/C24H33N5O3/c1-3-20-23(18(2)32-26-20)24(31)29-12-6-7-19(17-29)9-10-22(30)28-15-13-27(14-16-28)21-8-4-5-11-25-21/h4-5,8,11,19H,3,6-7,9-10,12-17H2,1-2H3/t19-/m1/s1. The monoisotopic (exact) mass is 439 g/mol. The summed E-state index contributed by atoms with van der Waals surface area (Å²) in [5.74, 6) is 2.16. The first kappa shape index (κ1) is 22.3. The topological polar surface area (TPSA) is 82.8 Å². The summed E-state index contributed by atoms with van der Waals surface area (Å²) in [5, 5.41) is 4.03. The molecule has 2 fully saturated rings. The number of hydrogen-bond acceptors (Lipinski definition) is 6. The maximum absolute atomic E-state index is 13.1. The highest BCUT2D eigenvalue weighted by Crippen LogP contribution is 2.25. The van der Waals surface area contributed by atoms with Crippen LogP contribution in [0.3, 0.4) is 0 Å². The fourth-order valence-corrected chi connectivity index (χ4v) is 4.79. The number of pyridine rings is 1. The first-order valence-electron chi connectivity index (χ1n) is 11.7. The van der Waals surface area contributed by atoms with E-state index in [4.69, 9.17) is 4.52 Å². The molecule has 0 saturated carbocycles. The number of likely N-dealkylation sites (tertiary alicyclic amines) is 1. The van der Waals surface area contributed by atoms with Gasteiger partial charge in [-0.3, -0.25) is 9.59 Å². The minimum absolute atomic E-state index is 0.0160. The van der Waals surface area contributed by atoms with Gasteiger partial charge in [0.2, 0.25) is 5.91 Å². The fourth-order valence-electron chi connectivity index (χ4n) is 4.79. The van der Waals surface area contributed by atoms with Crippen LogP contribution in [-0.4, -0.2) is 71.0 Å². The highest BCUT2D eigenvalue weighted by Gasteiger charge is 2.30. The third-order valence-corrected chi connectivity index (χ3v) is 6.66. The van der Waals surface area contributed by atoms with Gasteiger partial charge < -0.3 is 19.2 Å². The first-order valence-corrected chi connectivity index (χ1v) is 11.7. The van der Waals surface area contributed by atoms with Crippen LogP contribution < -0.4 is 4.90 Å². The van der Waals surface area contributed by atoms with Gasteiger partial charge in [0.05, 0.1) is 5.69 Å². The third kappa shape index (κ3) is 4.95. The average Bonchev–Trinajstić information content (AvgIpc) is 3.23. The average molecular weight is 440 g/mol. The molecule has 0 unspecified atom stereocenters. The molecule has 2 saturated heterocycles. The lowest BCUT2D eigenvalue weighted by Crippen LogP contribution is -2.49. The third-order valence-electron chi connectivity index (χ3n) is 6.66. The number of rotatable bonds is 6. The van der Waals surface area contributed by atoms with Gasteiger partial charge in [0, 0.05) is 51.9 Å². The van der Waals surface area contributed by atoms with Gasteiger partial charge in [-0.15, -0.1) is 0 Å². The molecule has 2 aliphatic heterocycles. The van der Waals surface area contributed by atoms with Crippen molar-refractivity contribution in [1.82, 2.24) is 19.9 Å². The molecule has 0 radical (unpaired) electrons. The van der Waals surface area contributed by atoms with Gasteiger partial charge in [0.15, 0.2) is 0 Å². The van der Waals surface area contributed by atoms with Crippen LogP contribution in [0.4, 0.5) is 5.82 Å². The normalized spacial score (nSPS) is 19.3. The molecule has 4 heterocycles. The number of hydrogen-bond donors (Lipinski definition) is 0. The summed E-state index contributed by atoms with van der Waals surface area (Å²) in [6, 6.07) is 5.92. The Labute approximate surface area is 189 Å². The molecule has 0 aromatic carbocycles. The summed E-state index contributed by atoms with van der Waals surface area (Å²) in [6.45, 7) is 8.33. The minimum atomic E-state index is 0.0160. The molecule has 0 spiro atoms. The Morgan fingerprint density at radius 1 is 1.12 bits per heavy atom. The van der Waals surface area contributed by atoms with Crippen molar-refractivity contribution in [2.75, 3.05) is 44.2 Å². The second-order valence-electron chi connectivity index (χ2n) is 8.77. The maximum Gasteiger partial charge on any atom is 0.259 e. The lowest BCUT2D eigenvalue weighted by molar-refractivity contribution is -0.131. The molecular weight excluding hydrogens is 406 g/mol. The zero-order valence-electron chi connectivity index (χ0n) is 19.1. The van der Waals surface area contributed by atoms with Crippen molar-refractivity contribution < 1.29 is 14.1 Å². The van der Waals surface area contributed by atoms with Gasteiger partial charge in [0.25, 0.3) is 5.91 Å². The van der Waals surface area contributed by atoms with E-state index in [1.54, 1.807) is 13.1 Å². The molecule has 0 bridgehead atoms.